The summed E-state index contributed by atoms with van der Waals surface area (Å²) in [5.41, 5.74) is -0.501. The van der Waals surface area contributed by atoms with E-state index in [4.69, 9.17) is 4.74 Å². The van der Waals surface area contributed by atoms with Crippen LogP contribution in [0.4, 0.5) is 4.79 Å². The molecule has 0 N–H and O–H groups in total. The van der Waals surface area contributed by atoms with E-state index in [-0.39, 0.29) is 17.9 Å². The van der Waals surface area contributed by atoms with Crippen LogP contribution in [-0.2, 0) is 9.53 Å². The number of amides is 1. The second kappa shape index (κ2) is 4.85. The zero-order chi connectivity index (χ0) is 12.3. The summed E-state index contributed by atoms with van der Waals surface area (Å²) in [6, 6.07) is -0.264. The maximum Gasteiger partial charge on any atom is 0.410 e. The summed E-state index contributed by atoms with van der Waals surface area (Å²) in [6.45, 7) is 8.00. The van der Waals surface area contributed by atoms with E-state index in [1.807, 2.05) is 27.7 Å². The second-order valence-corrected chi connectivity index (χ2v) is 5.19. The van der Waals surface area contributed by atoms with Crippen molar-refractivity contribution in [2.24, 2.45) is 0 Å². The minimum Gasteiger partial charge on any atom is -0.444 e. The number of carbonyl (C=O) groups is 2. The second-order valence-electron chi connectivity index (χ2n) is 5.19. The molecule has 1 amide bonds. The molecule has 0 aromatic carbocycles. The fourth-order valence-electron chi connectivity index (χ4n) is 1.86. The highest BCUT2D eigenvalue weighted by Gasteiger charge is 2.36. The van der Waals surface area contributed by atoms with Crippen LogP contribution in [0.5, 0.6) is 0 Å². The van der Waals surface area contributed by atoms with Gasteiger partial charge >= 0.3 is 6.09 Å². The van der Waals surface area contributed by atoms with Gasteiger partial charge in [-0.25, -0.2) is 4.79 Å². The zero-order valence-electron chi connectivity index (χ0n) is 10.6. The van der Waals surface area contributed by atoms with Crippen LogP contribution in [0.15, 0.2) is 0 Å². The van der Waals surface area contributed by atoms with E-state index in [9.17, 15) is 9.59 Å². The van der Waals surface area contributed by atoms with E-state index in [1.54, 1.807) is 4.90 Å². The van der Waals surface area contributed by atoms with Gasteiger partial charge in [0.1, 0.15) is 5.60 Å². The average molecular weight is 227 g/mol. The highest BCUT2D eigenvalue weighted by atomic mass is 16.6. The minimum absolute atomic E-state index is 0.160. The van der Waals surface area contributed by atoms with Crippen LogP contribution in [0.2, 0.25) is 0 Å². The summed E-state index contributed by atoms with van der Waals surface area (Å²) in [7, 11) is 0. The summed E-state index contributed by atoms with van der Waals surface area (Å²) in [4.78, 5) is 25.0. The lowest BCUT2D eigenvalue weighted by Gasteiger charge is -2.27. The standard InChI is InChI=1S/C12H21NO3/c1-5-6-9-10(14)7-8-13(9)11(15)16-12(2,3)4/h9H,5-8H2,1-4H3. The van der Waals surface area contributed by atoms with Gasteiger partial charge in [-0.15, -0.1) is 0 Å². The van der Waals surface area contributed by atoms with E-state index in [2.05, 4.69) is 0 Å². The summed E-state index contributed by atoms with van der Waals surface area (Å²) >= 11 is 0. The maximum atomic E-state index is 11.8. The quantitative estimate of drug-likeness (QED) is 0.727. The van der Waals surface area contributed by atoms with Gasteiger partial charge in [0.25, 0.3) is 0 Å². The van der Waals surface area contributed by atoms with Crippen LogP contribution in [0.25, 0.3) is 0 Å². The number of hydrogen-bond donors (Lipinski definition) is 0. The number of hydrogen-bond acceptors (Lipinski definition) is 3. The molecule has 92 valence electrons. The minimum atomic E-state index is -0.501. The summed E-state index contributed by atoms with van der Waals surface area (Å²) < 4.78 is 5.28. The molecule has 1 heterocycles. The van der Waals surface area contributed by atoms with Gasteiger partial charge in [0.15, 0.2) is 5.78 Å². The van der Waals surface area contributed by atoms with Crippen LogP contribution in [0.3, 0.4) is 0 Å². The predicted molar refractivity (Wildman–Crippen MR) is 61.3 cm³/mol. The van der Waals surface area contributed by atoms with Crippen molar-refractivity contribution >= 4 is 11.9 Å². The van der Waals surface area contributed by atoms with Crippen molar-refractivity contribution in [1.82, 2.24) is 4.90 Å². The van der Waals surface area contributed by atoms with Crippen LogP contribution >= 0.6 is 0 Å². The lowest BCUT2D eigenvalue weighted by atomic mass is 10.1. The predicted octanol–water partition coefficient (Wildman–Crippen LogP) is 2.37. The first-order valence-electron chi connectivity index (χ1n) is 5.87. The summed E-state index contributed by atoms with van der Waals surface area (Å²) in [5.74, 6) is 0.160. The number of likely N-dealkylation sites (tertiary alicyclic amines) is 1. The molecule has 1 unspecified atom stereocenters. The molecule has 1 aliphatic rings. The molecule has 1 fully saturated rings. The number of carbonyl (C=O) groups excluding carboxylic acids is 2. The smallest absolute Gasteiger partial charge is 0.410 e. The van der Waals surface area contributed by atoms with Crippen molar-refractivity contribution in [2.45, 2.75) is 58.6 Å². The molecule has 0 radical (unpaired) electrons. The molecule has 1 atom stereocenters. The number of Topliss-reactive ketones (excluding diaryl/α,β-unsaturated/α-hetero) is 1. The van der Waals surface area contributed by atoms with E-state index in [1.165, 1.54) is 0 Å². The Morgan fingerprint density at radius 2 is 2.12 bits per heavy atom. The molecule has 0 spiro atoms. The van der Waals surface area contributed by atoms with Crippen LogP contribution in [-0.4, -0.2) is 35.0 Å². The van der Waals surface area contributed by atoms with Crippen molar-refractivity contribution in [3.8, 4) is 0 Å². The molecule has 1 saturated heterocycles. The number of ketones is 1. The number of rotatable bonds is 2. The molecular formula is C12H21NO3. The lowest BCUT2D eigenvalue weighted by Crippen LogP contribution is -2.41. The highest BCUT2D eigenvalue weighted by Crippen LogP contribution is 2.21. The molecule has 1 rings (SSSR count). The zero-order valence-corrected chi connectivity index (χ0v) is 10.6. The van der Waals surface area contributed by atoms with Crippen LogP contribution < -0.4 is 0 Å². The molecule has 0 saturated carbocycles. The molecular weight excluding hydrogens is 206 g/mol. The molecule has 4 nitrogen and oxygen atoms in total. The van der Waals surface area contributed by atoms with E-state index in [0.717, 1.165) is 12.8 Å². The topological polar surface area (TPSA) is 46.6 Å². The Balaban J connectivity index is 2.65. The Kier molecular flexibility index (Phi) is 3.94. The number of nitrogens with zero attached hydrogens (tertiary/aromatic N) is 1. The fourth-order valence-corrected chi connectivity index (χ4v) is 1.86. The Hall–Kier alpha value is -1.06. The maximum absolute atomic E-state index is 11.8. The van der Waals surface area contributed by atoms with E-state index in [0.29, 0.717) is 13.0 Å². The molecule has 0 bridgehead atoms. The van der Waals surface area contributed by atoms with Gasteiger partial charge < -0.3 is 4.74 Å². The van der Waals surface area contributed by atoms with Gasteiger partial charge in [0.05, 0.1) is 6.04 Å². The fraction of sp³-hybridized carbons (Fsp3) is 0.833. The SMILES string of the molecule is CCCC1C(=O)CCN1C(=O)OC(C)(C)C. The van der Waals surface area contributed by atoms with Crippen molar-refractivity contribution in [2.75, 3.05) is 6.54 Å². The van der Waals surface area contributed by atoms with Gasteiger partial charge in [-0.1, -0.05) is 13.3 Å². The summed E-state index contributed by atoms with van der Waals surface area (Å²) in [6.07, 6.45) is 1.73. The first kappa shape index (κ1) is 13.0. The monoisotopic (exact) mass is 227 g/mol. The molecule has 1 aliphatic heterocycles. The van der Waals surface area contributed by atoms with Crippen molar-refractivity contribution < 1.29 is 14.3 Å². The lowest BCUT2D eigenvalue weighted by molar-refractivity contribution is -0.120. The normalized spacial score (nSPS) is 21.4. The Morgan fingerprint density at radius 3 is 2.62 bits per heavy atom. The van der Waals surface area contributed by atoms with Crippen LogP contribution in [0, 0.1) is 0 Å². The Morgan fingerprint density at radius 1 is 1.50 bits per heavy atom. The van der Waals surface area contributed by atoms with Gasteiger partial charge in [-0.2, -0.15) is 0 Å². The Labute approximate surface area is 96.9 Å². The van der Waals surface area contributed by atoms with Crippen molar-refractivity contribution in [3.05, 3.63) is 0 Å². The third-order valence-electron chi connectivity index (χ3n) is 2.54. The Bertz CT molecular complexity index is 280. The van der Waals surface area contributed by atoms with Crippen molar-refractivity contribution in [1.29, 1.82) is 0 Å². The first-order chi connectivity index (χ1) is 7.35. The van der Waals surface area contributed by atoms with E-state index < -0.39 is 5.60 Å². The van der Waals surface area contributed by atoms with Crippen molar-refractivity contribution in [3.63, 3.8) is 0 Å². The third-order valence-corrected chi connectivity index (χ3v) is 2.54. The van der Waals surface area contributed by atoms with E-state index >= 15 is 0 Å². The molecule has 4 heteroatoms. The third kappa shape index (κ3) is 3.22. The summed E-state index contributed by atoms with van der Waals surface area (Å²) in [5, 5.41) is 0. The molecule has 16 heavy (non-hydrogen) atoms. The van der Waals surface area contributed by atoms with Gasteiger partial charge in [0, 0.05) is 13.0 Å². The largest absolute Gasteiger partial charge is 0.444 e. The molecule has 0 aromatic rings. The molecule has 0 aliphatic carbocycles. The molecule has 0 aromatic heterocycles. The van der Waals surface area contributed by atoms with Crippen LogP contribution in [0.1, 0.15) is 47.0 Å². The number of ether oxygens (including phenoxy) is 1. The average Bonchev–Trinajstić information content (AvgIpc) is 2.46. The van der Waals surface area contributed by atoms with Gasteiger partial charge in [-0.3, -0.25) is 9.69 Å². The van der Waals surface area contributed by atoms with Gasteiger partial charge in [-0.05, 0) is 27.2 Å². The first-order valence-corrected chi connectivity index (χ1v) is 5.87. The van der Waals surface area contributed by atoms with Gasteiger partial charge in [0.2, 0.25) is 0 Å². The highest BCUT2D eigenvalue weighted by molar-refractivity contribution is 5.90.